The number of aryl methyl sites for hydroxylation is 1. The topological polar surface area (TPSA) is 78.9 Å². The molecule has 6 nitrogen and oxygen atoms in total. The number of rotatable bonds is 4. The Bertz CT molecular complexity index is 535. The third kappa shape index (κ3) is 2.77. The summed E-state index contributed by atoms with van der Waals surface area (Å²) in [5.74, 6) is 1.47. The SMILES string of the molecule is CCOCc1nc(N)cc(-n2cc(Cl)c(C)n2)n1. The van der Waals surface area contributed by atoms with Crippen LogP contribution in [0.5, 0.6) is 0 Å². The lowest BCUT2D eigenvalue weighted by Crippen LogP contribution is -2.07. The molecule has 2 aromatic rings. The van der Waals surface area contributed by atoms with E-state index in [1.807, 2.05) is 13.8 Å². The monoisotopic (exact) mass is 267 g/mol. The van der Waals surface area contributed by atoms with Crippen molar-refractivity contribution in [2.45, 2.75) is 20.5 Å². The zero-order valence-electron chi connectivity index (χ0n) is 10.2. The van der Waals surface area contributed by atoms with Crippen molar-refractivity contribution in [2.24, 2.45) is 0 Å². The van der Waals surface area contributed by atoms with Crippen molar-refractivity contribution in [2.75, 3.05) is 12.3 Å². The quantitative estimate of drug-likeness (QED) is 0.913. The standard InChI is InChI=1S/C11H14ClN5O/c1-3-18-6-10-14-9(13)4-11(15-10)17-5-8(12)7(2)16-17/h4-5H,3,6H2,1-2H3,(H2,13,14,15). The Morgan fingerprint density at radius 2 is 2.22 bits per heavy atom. The summed E-state index contributed by atoms with van der Waals surface area (Å²) in [6.45, 7) is 4.65. The number of halogens is 1. The normalized spacial score (nSPS) is 10.8. The maximum Gasteiger partial charge on any atom is 0.159 e. The minimum atomic E-state index is 0.322. The highest BCUT2D eigenvalue weighted by Crippen LogP contribution is 2.16. The molecule has 7 heteroatoms. The summed E-state index contributed by atoms with van der Waals surface area (Å²) in [5.41, 5.74) is 6.47. The zero-order valence-corrected chi connectivity index (χ0v) is 11.0. The van der Waals surface area contributed by atoms with E-state index in [-0.39, 0.29) is 0 Å². The van der Waals surface area contributed by atoms with Gasteiger partial charge in [0.2, 0.25) is 0 Å². The predicted octanol–water partition coefficient (Wildman–Crippen LogP) is 1.74. The summed E-state index contributed by atoms with van der Waals surface area (Å²) in [6, 6.07) is 1.64. The highest BCUT2D eigenvalue weighted by Gasteiger charge is 2.08. The minimum absolute atomic E-state index is 0.322. The van der Waals surface area contributed by atoms with Crippen molar-refractivity contribution >= 4 is 17.4 Å². The first-order chi connectivity index (χ1) is 8.60. The van der Waals surface area contributed by atoms with Crippen LogP contribution in [0.4, 0.5) is 5.82 Å². The van der Waals surface area contributed by atoms with Gasteiger partial charge < -0.3 is 10.5 Å². The molecule has 2 N–H and O–H groups in total. The lowest BCUT2D eigenvalue weighted by atomic mass is 10.5. The molecule has 0 bridgehead atoms. The number of aromatic nitrogens is 4. The molecule has 0 saturated heterocycles. The fraction of sp³-hybridized carbons (Fsp3) is 0.364. The van der Waals surface area contributed by atoms with E-state index in [1.165, 1.54) is 0 Å². The van der Waals surface area contributed by atoms with E-state index in [0.717, 1.165) is 5.69 Å². The van der Waals surface area contributed by atoms with E-state index in [1.54, 1.807) is 16.9 Å². The van der Waals surface area contributed by atoms with Crippen molar-refractivity contribution < 1.29 is 4.74 Å². The van der Waals surface area contributed by atoms with E-state index in [9.17, 15) is 0 Å². The van der Waals surface area contributed by atoms with Crippen LogP contribution in [-0.2, 0) is 11.3 Å². The van der Waals surface area contributed by atoms with Gasteiger partial charge in [0.05, 0.1) is 16.9 Å². The highest BCUT2D eigenvalue weighted by atomic mass is 35.5. The molecular formula is C11H14ClN5O. The molecule has 2 rings (SSSR count). The molecule has 0 aliphatic carbocycles. The summed E-state index contributed by atoms with van der Waals surface area (Å²) in [5, 5.41) is 4.82. The molecule has 2 aromatic heterocycles. The predicted molar refractivity (Wildman–Crippen MR) is 68.6 cm³/mol. The lowest BCUT2D eigenvalue weighted by molar-refractivity contribution is 0.128. The van der Waals surface area contributed by atoms with Crippen LogP contribution in [0.3, 0.4) is 0 Å². The summed E-state index contributed by atoms with van der Waals surface area (Å²) in [7, 11) is 0. The van der Waals surface area contributed by atoms with E-state index in [2.05, 4.69) is 15.1 Å². The molecule has 0 aromatic carbocycles. The second-order valence-electron chi connectivity index (χ2n) is 3.71. The van der Waals surface area contributed by atoms with Gasteiger partial charge in [0.15, 0.2) is 11.6 Å². The van der Waals surface area contributed by atoms with Crippen molar-refractivity contribution in [1.29, 1.82) is 0 Å². The molecule has 0 saturated carbocycles. The van der Waals surface area contributed by atoms with Crippen LogP contribution in [0.25, 0.3) is 5.82 Å². The Balaban J connectivity index is 2.35. The van der Waals surface area contributed by atoms with Crippen LogP contribution in [0.2, 0.25) is 5.02 Å². The van der Waals surface area contributed by atoms with Crippen LogP contribution < -0.4 is 5.73 Å². The van der Waals surface area contributed by atoms with Crippen molar-refractivity contribution in [3.8, 4) is 5.82 Å². The van der Waals surface area contributed by atoms with Gasteiger partial charge in [-0.25, -0.2) is 14.6 Å². The van der Waals surface area contributed by atoms with Gasteiger partial charge in [-0.15, -0.1) is 0 Å². The van der Waals surface area contributed by atoms with Gasteiger partial charge in [0.25, 0.3) is 0 Å². The smallest absolute Gasteiger partial charge is 0.159 e. The number of nitrogens with zero attached hydrogens (tertiary/aromatic N) is 4. The number of hydrogen-bond donors (Lipinski definition) is 1. The van der Waals surface area contributed by atoms with Crippen LogP contribution >= 0.6 is 11.6 Å². The van der Waals surface area contributed by atoms with E-state index in [0.29, 0.717) is 35.7 Å². The van der Waals surface area contributed by atoms with Gasteiger partial charge in [-0.05, 0) is 13.8 Å². The van der Waals surface area contributed by atoms with E-state index in [4.69, 9.17) is 22.1 Å². The van der Waals surface area contributed by atoms with E-state index < -0.39 is 0 Å². The van der Waals surface area contributed by atoms with Crippen LogP contribution in [0, 0.1) is 6.92 Å². The number of hydrogen-bond acceptors (Lipinski definition) is 5. The molecule has 0 atom stereocenters. The van der Waals surface area contributed by atoms with Gasteiger partial charge in [-0.3, -0.25) is 0 Å². The Kier molecular flexibility index (Phi) is 3.78. The first-order valence-electron chi connectivity index (χ1n) is 5.53. The van der Waals surface area contributed by atoms with Gasteiger partial charge in [-0.2, -0.15) is 5.10 Å². The molecule has 96 valence electrons. The van der Waals surface area contributed by atoms with Crippen LogP contribution in [0.1, 0.15) is 18.4 Å². The lowest BCUT2D eigenvalue weighted by Gasteiger charge is -2.05. The molecule has 0 radical (unpaired) electrons. The van der Waals surface area contributed by atoms with Gasteiger partial charge in [-0.1, -0.05) is 11.6 Å². The highest BCUT2D eigenvalue weighted by molar-refractivity contribution is 6.31. The minimum Gasteiger partial charge on any atom is -0.384 e. The first-order valence-corrected chi connectivity index (χ1v) is 5.91. The fourth-order valence-corrected chi connectivity index (χ4v) is 1.56. The maximum atomic E-state index is 5.96. The molecule has 0 aliphatic rings. The first kappa shape index (κ1) is 12.8. The van der Waals surface area contributed by atoms with E-state index >= 15 is 0 Å². The van der Waals surface area contributed by atoms with Gasteiger partial charge >= 0.3 is 0 Å². The molecule has 0 aliphatic heterocycles. The van der Waals surface area contributed by atoms with Crippen LogP contribution in [0.15, 0.2) is 12.3 Å². The molecule has 0 unspecified atom stereocenters. The summed E-state index contributed by atoms with van der Waals surface area (Å²) >= 11 is 5.96. The van der Waals surface area contributed by atoms with Gasteiger partial charge in [0.1, 0.15) is 12.4 Å². The molecule has 18 heavy (non-hydrogen) atoms. The maximum absolute atomic E-state index is 5.96. The van der Waals surface area contributed by atoms with Crippen molar-refractivity contribution in [1.82, 2.24) is 19.7 Å². The van der Waals surface area contributed by atoms with Gasteiger partial charge in [0, 0.05) is 12.7 Å². The second-order valence-corrected chi connectivity index (χ2v) is 4.12. The average molecular weight is 268 g/mol. The molecule has 0 spiro atoms. The molecule has 0 amide bonds. The van der Waals surface area contributed by atoms with Crippen molar-refractivity contribution in [3.63, 3.8) is 0 Å². The zero-order chi connectivity index (χ0) is 13.1. The summed E-state index contributed by atoms with van der Waals surface area (Å²) in [4.78, 5) is 8.42. The largest absolute Gasteiger partial charge is 0.384 e. The third-order valence-corrected chi connectivity index (χ3v) is 2.66. The number of nitrogens with two attached hydrogens (primary N) is 1. The molecular weight excluding hydrogens is 254 g/mol. The average Bonchev–Trinajstić information content (AvgIpc) is 2.66. The Morgan fingerprint density at radius 1 is 1.44 bits per heavy atom. The molecule has 0 fully saturated rings. The Hall–Kier alpha value is -1.66. The Morgan fingerprint density at radius 3 is 2.83 bits per heavy atom. The third-order valence-electron chi connectivity index (χ3n) is 2.29. The van der Waals surface area contributed by atoms with Crippen LogP contribution in [-0.4, -0.2) is 26.4 Å². The second kappa shape index (κ2) is 5.32. The molecule has 2 heterocycles. The number of nitrogen functional groups attached to an aromatic ring is 1. The summed E-state index contributed by atoms with van der Waals surface area (Å²) in [6.07, 6.45) is 1.68. The number of ether oxygens (including phenoxy) is 1. The van der Waals surface area contributed by atoms with Crippen molar-refractivity contribution in [3.05, 3.63) is 28.8 Å². The summed E-state index contributed by atoms with van der Waals surface area (Å²) < 4.78 is 6.83. The Labute approximate surface area is 110 Å². The number of anilines is 1. The fourth-order valence-electron chi connectivity index (χ4n) is 1.43.